The van der Waals surface area contributed by atoms with Crippen LogP contribution in [-0.4, -0.2) is 97.2 Å². The van der Waals surface area contributed by atoms with Crippen LogP contribution in [0.4, 0.5) is 0 Å². The van der Waals surface area contributed by atoms with E-state index in [2.05, 4.69) is 19.9 Å². The van der Waals surface area contributed by atoms with E-state index in [0.717, 1.165) is 19.3 Å². The first kappa shape index (κ1) is 48.1. The Balaban J connectivity index is 1.99. The molecule has 3 aliphatic rings. The number of allylic oxidation sites excluding steroid dienone is 4. The molecule has 320 valence electrons. The minimum Gasteiger partial charge on any atom is -0.458 e. The number of hydrogen-bond acceptors (Lipinski definition) is 11. The molecular weight excluding hydrogens is 716 g/mol. The molecule has 2 bridgehead atoms. The maximum Gasteiger partial charge on any atom is 0.330 e. The second-order valence-corrected chi connectivity index (χ2v) is 18.0. The lowest BCUT2D eigenvalue weighted by atomic mass is 9.74. The molecule has 11 heteroatoms. The highest BCUT2D eigenvalue weighted by Crippen LogP contribution is 2.49. The first-order chi connectivity index (χ1) is 26.1. The largest absolute Gasteiger partial charge is 0.458 e. The Morgan fingerprint density at radius 3 is 2.11 bits per heavy atom. The van der Waals surface area contributed by atoms with Gasteiger partial charge < -0.3 is 39.7 Å². The van der Waals surface area contributed by atoms with Crippen molar-refractivity contribution in [3.8, 4) is 0 Å². The van der Waals surface area contributed by atoms with Crippen molar-refractivity contribution < 1.29 is 54.1 Å². The zero-order valence-electron chi connectivity index (χ0n) is 35.8. The van der Waals surface area contributed by atoms with Crippen molar-refractivity contribution in [3.63, 3.8) is 0 Å². The van der Waals surface area contributed by atoms with Crippen LogP contribution in [0, 0.1) is 53.3 Å². The van der Waals surface area contributed by atoms with E-state index in [1.54, 1.807) is 20.8 Å². The number of Topliss-reactive ketones (excluding diaryl/α,β-unsaturated/α-hetero) is 2. The van der Waals surface area contributed by atoms with Crippen LogP contribution < -0.4 is 0 Å². The van der Waals surface area contributed by atoms with Gasteiger partial charge in [-0.05, 0) is 70.1 Å². The molecule has 0 amide bonds. The summed E-state index contributed by atoms with van der Waals surface area (Å²) in [6, 6.07) is 0. The number of ketones is 2. The molecule has 0 unspecified atom stereocenters. The van der Waals surface area contributed by atoms with E-state index >= 15 is 0 Å². The summed E-state index contributed by atoms with van der Waals surface area (Å²) in [7, 11) is 0. The average Bonchev–Trinajstić information content (AvgIpc) is 3.16. The Morgan fingerprint density at radius 2 is 1.48 bits per heavy atom. The van der Waals surface area contributed by atoms with Gasteiger partial charge in [0.2, 0.25) is 0 Å². The normalized spacial score (nSPS) is 46.8. The van der Waals surface area contributed by atoms with Gasteiger partial charge in [-0.2, -0.15) is 0 Å². The lowest BCUT2D eigenvalue weighted by Crippen LogP contribution is -2.62. The topological polar surface area (TPSA) is 180 Å². The van der Waals surface area contributed by atoms with E-state index in [-0.39, 0.29) is 35.9 Å². The van der Waals surface area contributed by atoms with Crippen LogP contribution in [0.3, 0.4) is 0 Å². The fourth-order valence-electron chi connectivity index (χ4n) is 9.01. The van der Waals surface area contributed by atoms with Gasteiger partial charge in [0.25, 0.3) is 0 Å². The Kier molecular flexibility index (Phi) is 17.7. The quantitative estimate of drug-likeness (QED) is 0.216. The average molecular weight is 791 g/mol. The number of hydrogen-bond donors (Lipinski definition) is 5. The molecule has 0 radical (unpaired) electrons. The van der Waals surface area contributed by atoms with Crippen molar-refractivity contribution in [3.05, 3.63) is 36.5 Å². The molecule has 56 heavy (non-hydrogen) atoms. The van der Waals surface area contributed by atoms with E-state index in [1.807, 2.05) is 32.1 Å². The van der Waals surface area contributed by atoms with E-state index in [9.17, 15) is 39.9 Å². The molecule has 0 aliphatic carbocycles. The fraction of sp³-hybridized carbons (Fsp3) is 0.800. The fourth-order valence-corrected chi connectivity index (χ4v) is 9.01. The summed E-state index contributed by atoms with van der Waals surface area (Å²) in [6.45, 7) is 19.1. The van der Waals surface area contributed by atoms with Gasteiger partial charge >= 0.3 is 5.97 Å². The molecule has 18 atom stereocenters. The molecule has 3 rings (SSSR count). The Morgan fingerprint density at radius 1 is 0.839 bits per heavy atom. The third kappa shape index (κ3) is 11.5. The molecule has 2 fully saturated rings. The van der Waals surface area contributed by atoms with Crippen molar-refractivity contribution in [1.82, 2.24) is 0 Å². The number of aliphatic hydroxyl groups is 5. The lowest BCUT2D eigenvalue weighted by molar-refractivity contribution is -0.371. The monoisotopic (exact) mass is 791 g/mol. The first-order valence-corrected chi connectivity index (χ1v) is 21.2. The van der Waals surface area contributed by atoms with Gasteiger partial charge in [0.15, 0.2) is 11.6 Å². The maximum absolute atomic E-state index is 13.5. The molecule has 0 aromatic rings. The molecule has 11 nitrogen and oxygen atoms in total. The van der Waals surface area contributed by atoms with Gasteiger partial charge in [-0.15, -0.1) is 0 Å². The summed E-state index contributed by atoms with van der Waals surface area (Å²) in [6.07, 6.45) is 9.62. The van der Waals surface area contributed by atoms with Crippen molar-refractivity contribution in [2.24, 2.45) is 53.3 Å². The molecule has 0 aromatic carbocycles. The number of carbonyl (C=O) groups excluding carboxylic acids is 3. The predicted molar refractivity (Wildman–Crippen MR) is 215 cm³/mol. The number of esters is 1. The van der Waals surface area contributed by atoms with Crippen LogP contribution in [0.1, 0.15) is 121 Å². The van der Waals surface area contributed by atoms with Crippen LogP contribution >= 0.6 is 0 Å². The summed E-state index contributed by atoms with van der Waals surface area (Å²) in [5.41, 5.74) is -2.18. The van der Waals surface area contributed by atoms with Gasteiger partial charge in [0, 0.05) is 48.0 Å². The summed E-state index contributed by atoms with van der Waals surface area (Å²) < 4.78 is 20.0. The van der Waals surface area contributed by atoms with Crippen molar-refractivity contribution in [2.45, 2.75) is 175 Å². The van der Waals surface area contributed by atoms with Gasteiger partial charge in [-0.1, -0.05) is 92.7 Å². The first-order valence-electron chi connectivity index (χ1n) is 21.2. The second kappa shape index (κ2) is 20.6. The molecule has 3 heterocycles. The molecule has 0 saturated carbocycles. The highest BCUT2D eigenvalue weighted by atomic mass is 16.7. The van der Waals surface area contributed by atoms with Crippen LogP contribution in [-0.2, 0) is 28.6 Å². The minimum atomic E-state index is -2.18. The van der Waals surface area contributed by atoms with Crippen LogP contribution in [0.15, 0.2) is 36.5 Å². The van der Waals surface area contributed by atoms with E-state index in [4.69, 9.17) is 14.2 Å². The predicted octanol–water partition coefficient (Wildman–Crippen LogP) is 5.88. The molecule has 1 spiro atoms. The Bertz CT molecular complexity index is 1390. The zero-order chi connectivity index (χ0) is 42.3. The van der Waals surface area contributed by atoms with E-state index in [0.29, 0.717) is 25.7 Å². The van der Waals surface area contributed by atoms with Gasteiger partial charge in [-0.25, -0.2) is 4.79 Å². The summed E-state index contributed by atoms with van der Waals surface area (Å²) in [5, 5.41) is 55.0. The van der Waals surface area contributed by atoms with Crippen LogP contribution in [0.5, 0.6) is 0 Å². The third-order valence-corrected chi connectivity index (χ3v) is 13.4. The number of fused-ring (bicyclic) bond motifs is 2. The Labute approximate surface area is 336 Å². The minimum absolute atomic E-state index is 0.168. The SMILES string of the molecule is CC[C@@H]1/C=C/C=C/C[C@H](C)[C@@H](O)[C@](C)(O)C(=O)[C@H](C)[C@@H](O)[C@H](C)C(=O)[C@H](C)[C@@H](O)[C@H](C)/C=C/C(=O)O[C@H]2[C@@H](C)[C@@H](CC1)O[C@@]1(CC[C@@H](C)[C@@H](C[C@@H](C)O)O1)[C@@H]2C. The highest BCUT2D eigenvalue weighted by molar-refractivity contribution is 5.91. The highest BCUT2D eigenvalue weighted by Gasteiger charge is 2.56. The van der Waals surface area contributed by atoms with Gasteiger partial charge in [-0.3, -0.25) is 9.59 Å². The smallest absolute Gasteiger partial charge is 0.330 e. The van der Waals surface area contributed by atoms with E-state index < -0.39 is 89.0 Å². The second-order valence-electron chi connectivity index (χ2n) is 18.0. The summed E-state index contributed by atoms with van der Waals surface area (Å²) in [4.78, 5) is 40.5. The summed E-state index contributed by atoms with van der Waals surface area (Å²) in [5.74, 6) is -7.28. The maximum atomic E-state index is 13.5. The standard InChI is InChI=1S/C45H74O11/c1-12-34-17-15-13-14-16-27(4)42(51)44(11,53)43(52)32(9)40(50)31(8)39(49)30(7)38(48)26(3)18-21-37(47)54-41-29(6)35(20-19-34)55-45(33(41)10)23-22-25(2)36(56-45)24-28(5)46/h13-15,17-18,21,25-36,38,40-42,46,48,50-51,53H,12,16,19-20,22-24H2,1-11H3/b14-13+,17-15+,21-18+/t25-,26-,27+,28-,29+,30-,31-,32-,33-,34-,35-,36-,38+,40+,41+,42-,44+,45-/m1/s1. The van der Waals surface area contributed by atoms with E-state index in [1.165, 1.54) is 39.8 Å². The molecule has 2 saturated heterocycles. The number of aliphatic hydroxyl groups excluding tert-OH is 4. The molecule has 5 N–H and O–H groups in total. The Hall–Kier alpha value is -2.25. The number of rotatable bonds is 3. The van der Waals surface area contributed by atoms with Crippen molar-refractivity contribution in [2.75, 3.05) is 0 Å². The van der Waals surface area contributed by atoms with Crippen molar-refractivity contribution in [1.29, 1.82) is 0 Å². The van der Waals surface area contributed by atoms with Gasteiger partial charge in [0.05, 0.1) is 36.6 Å². The molecule has 3 aliphatic heterocycles. The number of carbonyl (C=O) groups is 3. The zero-order valence-corrected chi connectivity index (χ0v) is 35.8. The molecule has 0 aromatic heterocycles. The third-order valence-electron chi connectivity index (χ3n) is 13.4. The van der Waals surface area contributed by atoms with Gasteiger partial charge in [0.1, 0.15) is 17.5 Å². The number of ether oxygens (including phenoxy) is 3. The van der Waals surface area contributed by atoms with Crippen molar-refractivity contribution >= 4 is 17.5 Å². The van der Waals surface area contributed by atoms with Crippen LogP contribution in [0.25, 0.3) is 0 Å². The van der Waals surface area contributed by atoms with Crippen LogP contribution in [0.2, 0.25) is 0 Å². The summed E-state index contributed by atoms with van der Waals surface area (Å²) >= 11 is 0. The molecular formula is C45H74O11. The lowest BCUT2D eigenvalue weighted by Gasteiger charge is -2.55.